The van der Waals surface area contributed by atoms with Crippen molar-refractivity contribution < 1.29 is 13.9 Å². The third-order valence-corrected chi connectivity index (χ3v) is 5.96. The number of nitrogen functional groups attached to an aromatic ring is 1. The molecule has 0 saturated carbocycles. The molecule has 0 aliphatic heterocycles. The highest BCUT2D eigenvalue weighted by molar-refractivity contribution is 8.00. The first kappa shape index (κ1) is 23.9. The van der Waals surface area contributed by atoms with Gasteiger partial charge in [0.1, 0.15) is 18.2 Å². The van der Waals surface area contributed by atoms with Crippen molar-refractivity contribution in [3.05, 3.63) is 64.7 Å². The van der Waals surface area contributed by atoms with Gasteiger partial charge < -0.3 is 15.9 Å². The summed E-state index contributed by atoms with van der Waals surface area (Å²) in [6, 6.07) is 11.9. The Morgan fingerprint density at radius 3 is 2.56 bits per heavy atom. The second kappa shape index (κ2) is 9.79. The lowest BCUT2D eigenvalue weighted by Gasteiger charge is -2.19. The van der Waals surface area contributed by atoms with Crippen molar-refractivity contribution in [3.63, 3.8) is 0 Å². The topological polar surface area (TPSA) is 95.1 Å². The normalized spacial score (nSPS) is 12.4. The van der Waals surface area contributed by atoms with Gasteiger partial charge >= 0.3 is 0 Å². The van der Waals surface area contributed by atoms with Crippen LogP contribution < -0.4 is 15.9 Å². The van der Waals surface area contributed by atoms with Crippen LogP contribution in [0.3, 0.4) is 0 Å². The van der Waals surface area contributed by atoms with E-state index >= 15 is 0 Å². The highest BCUT2D eigenvalue weighted by Gasteiger charge is 2.21. The quantitative estimate of drug-likeness (QED) is 0.375. The van der Waals surface area contributed by atoms with Crippen LogP contribution in [0.5, 0.6) is 5.75 Å². The van der Waals surface area contributed by atoms with Crippen LogP contribution in [0.15, 0.2) is 47.6 Å². The van der Waals surface area contributed by atoms with E-state index in [0.717, 1.165) is 17.8 Å². The Hall–Kier alpha value is -2.78. The van der Waals surface area contributed by atoms with Crippen LogP contribution in [0.25, 0.3) is 0 Å². The molecule has 32 heavy (non-hydrogen) atoms. The number of thioether (sulfide) groups is 1. The number of amides is 1. The Bertz CT molecular complexity index is 1100. The molecule has 1 amide bonds. The summed E-state index contributed by atoms with van der Waals surface area (Å²) in [6.07, 6.45) is 0. The Kier molecular flexibility index (Phi) is 7.30. The van der Waals surface area contributed by atoms with Gasteiger partial charge in [0.05, 0.1) is 10.9 Å². The van der Waals surface area contributed by atoms with Gasteiger partial charge in [-0.25, -0.2) is 9.07 Å². The van der Waals surface area contributed by atoms with Crippen molar-refractivity contribution in [2.75, 3.05) is 11.2 Å². The van der Waals surface area contributed by atoms with E-state index in [1.807, 2.05) is 24.3 Å². The lowest BCUT2D eigenvalue weighted by molar-refractivity contribution is -0.115. The molecule has 170 valence electrons. The molecule has 1 heterocycles. The predicted octanol–water partition coefficient (Wildman–Crippen LogP) is 4.78. The number of halogens is 2. The summed E-state index contributed by atoms with van der Waals surface area (Å²) < 4.78 is 20.9. The first-order chi connectivity index (χ1) is 15.0. The number of rotatable bonds is 7. The summed E-state index contributed by atoms with van der Waals surface area (Å²) in [6.45, 7) is 8.22. The second-order valence-electron chi connectivity index (χ2n) is 8.21. The Labute approximate surface area is 195 Å². The lowest BCUT2D eigenvalue weighted by atomic mass is 9.87. The van der Waals surface area contributed by atoms with Crippen LogP contribution in [0.1, 0.15) is 39.1 Å². The van der Waals surface area contributed by atoms with E-state index in [9.17, 15) is 9.18 Å². The minimum atomic E-state index is -0.611. The second-order valence-corrected chi connectivity index (χ2v) is 9.95. The number of nitrogens with one attached hydrogen (secondary N) is 1. The van der Waals surface area contributed by atoms with E-state index in [0.29, 0.717) is 16.7 Å². The fraction of sp³-hybridized carbons (Fsp3) is 0.318. The van der Waals surface area contributed by atoms with E-state index in [-0.39, 0.29) is 22.7 Å². The van der Waals surface area contributed by atoms with Crippen molar-refractivity contribution in [2.24, 2.45) is 0 Å². The number of benzene rings is 2. The van der Waals surface area contributed by atoms with Crippen molar-refractivity contribution >= 4 is 35.0 Å². The van der Waals surface area contributed by atoms with Gasteiger partial charge in [0, 0.05) is 5.02 Å². The van der Waals surface area contributed by atoms with Crippen LogP contribution >= 0.6 is 23.4 Å². The van der Waals surface area contributed by atoms with E-state index in [4.69, 9.17) is 22.2 Å². The van der Waals surface area contributed by atoms with Crippen molar-refractivity contribution in [1.29, 1.82) is 0 Å². The van der Waals surface area contributed by atoms with Gasteiger partial charge in [-0.05, 0) is 48.2 Å². The zero-order valence-corrected chi connectivity index (χ0v) is 19.8. The molecular formula is C22H25ClFN5O2S. The van der Waals surface area contributed by atoms with E-state index < -0.39 is 17.0 Å². The number of anilines is 1. The molecule has 3 N–H and O–H groups in total. The summed E-state index contributed by atoms with van der Waals surface area (Å²) >= 11 is 6.84. The number of ether oxygens (including phenoxy) is 1. The Morgan fingerprint density at radius 1 is 1.25 bits per heavy atom. The van der Waals surface area contributed by atoms with Crippen molar-refractivity contribution in [2.45, 2.75) is 50.1 Å². The van der Waals surface area contributed by atoms with E-state index in [1.165, 1.54) is 22.4 Å². The maximum atomic E-state index is 13.9. The van der Waals surface area contributed by atoms with Crippen LogP contribution in [0, 0.1) is 5.82 Å². The maximum Gasteiger partial charge on any atom is 0.237 e. The molecular weight excluding hydrogens is 453 g/mol. The van der Waals surface area contributed by atoms with Crippen molar-refractivity contribution in [1.82, 2.24) is 14.9 Å². The molecule has 0 radical (unpaired) electrons. The number of hydrogen-bond donors (Lipinski definition) is 2. The average molecular weight is 478 g/mol. The number of nitrogens with two attached hydrogens (primary N) is 1. The zero-order valence-electron chi connectivity index (χ0n) is 18.2. The number of hydrogen-bond acceptors (Lipinski definition) is 6. The first-order valence-electron chi connectivity index (χ1n) is 9.90. The van der Waals surface area contributed by atoms with Crippen LogP contribution in [-0.4, -0.2) is 26.0 Å². The fourth-order valence-corrected chi connectivity index (χ4v) is 3.67. The molecule has 0 aliphatic rings. The minimum Gasteiger partial charge on any atom is -0.486 e. The van der Waals surface area contributed by atoms with Gasteiger partial charge in [-0.2, -0.15) is 0 Å². The molecule has 1 atom stereocenters. The number of carbonyl (C=O) groups is 1. The average Bonchev–Trinajstić information content (AvgIpc) is 3.07. The number of aromatic nitrogens is 3. The summed E-state index contributed by atoms with van der Waals surface area (Å²) in [7, 11) is 0. The van der Waals surface area contributed by atoms with Crippen LogP contribution in [0.2, 0.25) is 5.02 Å². The van der Waals surface area contributed by atoms with Gasteiger partial charge in [-0.3, -0.25) is 4.79 Å². The fourth-order valence-electron chi connectivity index (χ4n) is 2.72. The summed E-state index contributed by atoms with van der Waals surface area (Å²) in [5.41, 5.74) is 1.31. The van der Waals surface area contributed by atoms with Gasteiger partial charge in [0.15, 0.2) is 5.82 Å². The maximum absolute atomic E-state index is 13.9. The van der Waals surface area contributed by atoms with Gasteiger partial charge in [-0.1, -0.05) is 56.3 Å². The third-order valence-electron chi connectivity index (χ3n) is 4.66. The molecule has 0 aliphatic carbocycles. The molecule has 0 fully saturated rings. The summed E-state index contributed by atoms with van der Waals surface area (Å²) in [5, 5.41) is 10.6. The molecule has 7 nitrogen and oxygen atoms in total. The molecule has 3 rings (SSSR count). The van der Waals surface area contributed by atoms with E-state index in [2.05, 4.69) is 36.3 Å². The van der Waals surface area contributed by atoms with Crippen molar-refractivity contribution in [3.8, 4) is 5.75 Å². The largest absolute Gasteiger partial charge is 0.486 e. The smallest absolute Gasteiger partial charge is 0.237 e. The molecule has 1 unspecified atom stereocenters. The molecule has 2 aromatic carbocycles. The third kappa shape index (κ3) is 5.92. The van der Waals surface area contributed by atoms with E-state index in [1.54, 1.807) is 6.92 Å². The van der Waals surface area contributed by atoms with Gasteiger partial charge in [-0.15, -0.1) is 10.2 Å². The molecule has 0 spiro atoms. The number of carbonyl (C=O) groups excluding carboxylic acids is 1. The Balaban J connectivity index is 1.58. The lowest BCUT2D eigenvalue weighted by Crippen LogP contribution is -2.24. The highest BCUT2D eigenvalue weighted by Crippen LogP contribution is 2.26. The molecule has 0 saturated heterocycles. The predicted molar refractivity (Wildman–Crippen MR) is 125 cm³/mol. The number of nitrogens with zero attached hydrogens (tertiary/aromatic N) is 3. The van der Waals surface area contributed by atoms with Crippen LogP contribution in [0.4, 0.5) is 10.1 Å². The monoisotopic (exact) mass is 477 g/mol. The summed E-state index contributed by atoms with van der Waals surface area (Å²) in [5.74, 6) is 6.15. The zero-order chi connectivity index (χ0) is 23.5. The standard InChI is InChI=1S/C22H25ClFN5O2S/c1-13(20(30)26-18-10-7-15(23)11-17(18)24)32-21-28-27-19(29(21)25)12-31-16-8-5-14(6-9-16)22(2,3)4/h5-11,13H,12,25H2,1-4H3,(H,26,30). The summed E-state index contributed by atoms with van der Waals surface area (Å²) in [4.78, 5) is 12.4. The van der Waals surface area contributed by atoms with Crippen LogP contribution in [-0.2, 0) is 16.8 Å². The molecule has 10 heteroatoms. The molecule has 3 aromatic rings. The van der Waals surface area contributed by atoms with Gasteiger partial charge in [0.2, 0.25) is 11.1 Å². The first-order valence-corrected chi connectivity index (χ1v) is 11.2. The molecule has 1 aromatic heterocycles. The van der Waals surface area contributed by atoms with Gasteiger partial charge in [0.25, 0.3) is 0 Å². The minimum absolute atomic E-state index is 0.0487. The Morgan fingerprint density at radius 2 is 1.94 bits per heavy atom. The molecule has 0 bridgehead atoms. The SMILES string of the molecule is CC(Sc1nnc(COc2ccc(C(C)(C)C)cc2)n1N)C(=O)Nc1ccc(Cl)cc1F. The highest BCUT2D eigenvalue weighted by atomic mass is 35.5.